The standard InChI is InChI=1S/C12H8Br2FNO2S/c13-8-2-1-3-10(6-8)19(17,18)16-9-4-5-12(15)11(14)7-9/h1-7,16H. The first kappa shape index (κ1) is 14.5. The van der Waals surface area contributed by atoms with Crippen molar-refractivity contribution in [2.45, 2.75) is 4.90 Å². The van der Waals surface area contributed by atoms with E-state index >= 15 is 0 Å². The molecule has 0 fully saturated rings. The van der Waals surface area contributed by atoms with Crippen molar-refractivity contribution in [2.24, 2.45) is 0 Å². The fourth-order valence-electron chi connectivity index (χ4n) is 1.41. The van der Waals surface area contributed by atoms with E-state index in [-0.39, 0.29) is 15.1 Å². The molecule has 0 aliphatic carbocycles. The van der Waals surface area contributed by atoms with Crippen molar-refractivity contribution < 1.29 is 12.8 Å². The van der Waals surface area contributed by atoms with Gasteiger partial charge in [0.15, 0.2) is 0 Å². The maximum atomic E-state index is 13.1. The van der Waals surface area contributed by atoms with Crippen LogP contribution in [0.3, 0.4) is 0 Å². The molecular formula is C12H8Br2FNO2S. The largest absolute Gasteiger partial charge is 0.280 e. The van der Waals surface area contributed by atoms with Crippen molar-refractivity contribution in [3.05, 3.63) is 57.2 Å². The van der Waals surface area contributed by atoms with Crippen molar-refractivity contribution in [3.63, 3.8) is 0 Å². The van der Waals surface area contributed by atoms with E-state index in [0.717, 1.165) is 0 Å². The van der Waals surface area contributed by atoms with E-state index in [1.165, 1.54) is 30.3 Å². The van der Waals surface area contributed by atoms with Crippen LogP contribution in [0.5, 0.6) is 0 Å². The van der Waals surface area contributed by atoms with Gasteiger partial charge in [0.1, 0.15) is 5.82 Å². The molecule has 7 heteroatoms. The molecule has 0 aromatic heterocycles. The van der Waals surface area contributed by atoms with Crippen molar-refractivity contribution in [1.82, 2.24) is 0 Å². The fraction of sp³-hybridized carbons (Fsp3) is 0. The molecule has 2 aromatic rings. The lowest BCUT2D eigenvalue weighted by atomic mass is 10.3. The van der Waals surface area contributed by atoms with Gasteiger partial charge >= 0.3 is 0 Å². The van der Waals surface area contributed by atoms with E-state index in [4.69, 9.17) is 0 Å². The molecule has 0 aliphatic heterocycles. The predicted octanol–water partition coefficient (Wildman–Crippen LogP) is 4.15. The Kier molecular flexibility index (Phi) is 4.27. The third kappa shape index (κ3) is 3.55. The number of sulfonamides is 1. The van der Waals surface area contributed by atoms with Crippen LogP contribution in [0.2, 0.25) is 0 Å². The summed E-state index contributed by atoms with van der Waals surface area (Å²) in [6, 6.07) is 10.2. The highest BCUT2D eigenvalue weighted by molar-refractivity contribution is 9.10. The molecule has 0 spiro atoms. The second-order valence-electron chi connectivity index (χ2n) is 3.69. The Hall–Kier alpha value is -0.920. The smallest absolute Gasteiger partial charge is 0.261 e. The number of anilines is 1. The lowest BCUT2D eigenvalue weighted by Gasteiger charge is -2.09. The topological polar surface area (TPSA) is 46.2 Å². The van der Waals surface area contributed by atoms with Crippen LogP contribution >= 0.6 is 31.9 Å². The summed E-state index contributed by atoms with van der Waals surface area (Å²) in [5, 5.41) is 0. The van der Waals surface area contributed by atoms with Crippen molar-refractivity contribution >= 4 is 47.6 Å². The maximum Gasteiger partial charge on any atom is 0.261 e. The average Bonchev–Trinajstić information content (AvgIpc) is 2.33. The normalized spacial score (nSPS) is 11.3. The summed E-state index contributed by atoms with van der Waals surface area (Å²) in [7, 11) is -3.69. The Morgan fingerprint density at radius 1 is 1.05 bits per heavy atom. The van der Waals surface area contributed by atoms with Crippen LogP contribution in [0.25, 0.3) is 0 Å². The average molecular weight is 409 g/mol. The molecule has 0 saturated carbocycles. The van der Waals surface area contributed by atoms with Gasteiger partial charge in [0.05, 0.1) is 15.1 Å². The summed E-state index contributed by atoms with van der Waals surface area (Å²) in [6.07, 6.45) is 0. The van der Waals surface area contributed by atoms with Gasteiger partial charge in [-0.1, -0.05) is 22.0 Å². The van der Waals surface area contributed by atoms with Crippen LogP contribution in [0.4, 0.5) is 10.1 Å². The second-order valence-corrected chi connectivity index (χ2v) is 7.14. The van der Waals surface area contributed by atoms with E-state index in [9.17, 15) is 12.8 Å². The summed E-state index contributed by atoms with van der Waals surface area (Å²) in [5.41, 5.74) is 0.285. The molecule has 2 rings (SSSR count). The van der Waals surface area contributed by atoms with E-state index in [0.29, 0.717) is 4.47 Å². The van der Waals surface area contributed by atoms with Crippen molar-refractivity contribution in [3.8, 4) is 0 Å². The summed E-state index contributed by atoms with van der Waals surface area (Å²) < 4.78 is 40.5. The molecule has 19 heavy (non-hydrogen) atoms. The minimum Gasteiger partial charge on any atom is -0.280 e. The van der Waals surface area contributed by atoms with Gasteiger partial charge in [0, 0.05) is 4.47 Å². The molecule has 0 aliphatic rings. The Balaban J connectivity index is 2.33. The van der Waals surface area contributed by atoms with Crippen molar-refractivity contribution in [1.29, 1.82) is 0 Å². The molecule has 0 radical (unpaired) electrons. The number of benzene rings is 2. The lowest BCUT2D eigenvalue weighted by molar-refractivity contribution is 0.601. The van der Waals surface area contributed by atoms with Crippen LogP contribution in [-0.2, 0) is 10.0 Å². The van der Waals surface area contributed by atoms with Gasteiger partial charge in [0.25, 0.3) is 10.0 Å². The molecule has 0 unspecified atom stereocenters. The quantitative estimate of drug-likeness (QED) is 0.828. The van der Waals surface area contributed by atoms with Crippen LogP contribution in [-0.4, -0.2) is 8.42 Å². The molecule has 100 valence electrons. The lowest BCUT2D eigenvalue weighted by Crippen LogP contribution is -2.12. The Bertz CT molecular complexity index is 719. The number of rotatable bonds is 3. The summed E-state index contributed by atoms with van der Waals surface area (Å²) >= 11 is 6.22. The Morgan fingerprint density at radius 2 is 1.79 bits per heavy atom. The van der Waals surface area contributed by atoms with Crippen LogP contribution in [0.15, 0.2) is 56.3 Å². The van der Waals surface area contributed by atoms with Gasteiger partial charge in [-0.05, 0) is 52.3 Å². The second kappa shape index (κ2) is 5.60. The zero-order chi connectivity index (χ0) is 14.0. The molecule has 0 saturated heterocycles. The highest BCUT2D eigenvalue weighted by Crippen LogP contribution is 2.23. The van der Waals surface area contributed by atoms with Crippen LogP contribution in [0, 0.1) is 5.82 Å². The highest BCUT2D eigenvalue weighted by Gasteiger charge is 2.14. The van der Waals surface area contributed by atoms with E-state index < -0.39 is 15.8 Å². The number of hydrogen-bond donors (Lipinski definition) is 1. The van der Waals surface area contributed by atoms with Gasteiger partial charge < -0.3 is 0 Å². The summed E-state index contributed by atoms with van der Waals surface area (Å²) in [4.78, 5) is 0.127. The minimum atomic E-state index is -3.69. The number of halogens is 3. The van der Waals surface area contributed by atoms with Crippen LogP contribution in [0.1, 0.15) is 0 Å². The van der Waals surface area contributed by atoms with E-state index in [1.54, 1.807) is 12.1 Å². The molecule has 1 N–H and O–H groups in total. The molecule has 0 bridgehead atoms. The third-order valence-corrected chi connectivity index (χ3v) is 4.76. The molecule has 0 atom stereocenters. The zero-order valence-corrected chi connectivity index (χ0v) is 13.4. The first-order valence-corrected chi connectivity index (χ1v) is 8.19. The summed E-state index contributed by atoms with van der Waals surface area (Å²) in [6.45, 7) is 0. The number of hydrogen-bond acceptors (Lipinski definition) is 2. The molecule has 0 heterocycles. The Labute approximate surface area is 127 Å². The van der Waals surface area contributed by atoms with Crippen molar-refractivity contribution in [2.75, 3.05) is 4.72 Å². The molecule has 0 amide bonds. The van der Waals surface area contributed by atoms with Gasteiger partial charge in [-0.15, -0.1) is 0 Å². The number of nitrogens with one attached hydrogen (secondary N) is 1. The molecule has 3 nitrogen and oxygen atoms in total. The van der Waals surface area contributed by atoms with Gasteiger partial charge in [0.2, 0.25) is 0 Å². The minimum absolute atomic E-state index is 0.127. The maximum absolute atomic E-state index is 13.1. The first-order valence-electron chi connectivity index (χ1n) is 5.12. The van der Waals surface area contributed by atoms with Gasteiger partial charge in [-0.25, -0.2) is 12.8 Å². The first-order chi connectivity index (χ1) is 8.88. The Morgan fingerprint density at radius 3 is 2.42 bits per heavy atom. The molecule has 2 aromatic carbocycles. The summed E-state index contributed by atoms with van der Waals surface area (Å²) in [5.74, 6) is -0.453. The monoisotopic (exact) mass is 407 g/mol. The zero-order valence-electron chi connectivity index (χ0n) is 9.40. The fourth-order valence-corrected chi connectivity index (χ4v) is 3.43. The van der Waals surface area contributed by atoms with Gasteiger partial charge in [-0.3, -0.25) is 4.72 Å². The predicted molar refractivity (Wildman–Crippen MR) is 79.1 cm³/mol. The highest BCUT2D eigenvalue weighted by atomic mass is 79.9. The van der Waals surface area contributed by atoms with E-state index in [2.05, 4.69) is 36.6 Å². The third-order valence-electron chi connectivity index (χ3n) is 2.28. The van der Waals surface area contributed by atoms with Crippen LogP contribution < -0.4 is 4.72 Å². The molecular weight excluding hydrogens is 401 g/mol. The SMILES string of the molecule is O=S(=O)(Nc1ccc(F)c(Br)c1)c1cccc(Br)c1. The van der Waals surface area contributed by atoms with E-state index in [1.807, 2.05) is 0 Å². The van der Waals surface area contributed by atoms with Gasteiger partial charge in [-0.2, -0.15) is 0 Å².